The van der Waals surface area contributed by atoms with Crippen molar-refractivity contribution in [1.82, 2.24) is 19.7 Å². The van der Waals surface area contributed by atoms with E-state index in [1.165, 1.54) is 0 Å². The van der Waals surface area contributed by atoms with E-state index in [-0.39, 0.29) is 29.2 Å². The molecule has 3 heterocycles. The van der Waals surface area contributed by atoms with Crippen molar-refractivity contribution in [2.24, 2.45) is 5.92 Å². The van der Waals surface area contributed by atoms with Gasteiger partial charge in [0, 0.05) is 19.1 Å². The van der Waals surface area contributed by atoms with Crippen LogP contribution in [-0.2, 0) is 9.53 Å². The van der Waals surface area contributed by atoms with Crippen molar-refractivity contribution in [3.8, 4) is 0 Å². The molecule has 1 aromatic rings. The van der Waals surface area contributed by atoms with Gasteiger partial charge in [-0.3, -0.25) is 9.36 Å². The number of amides is 1. The number of likely N-dealkylation sites (tertiary alicyclic amines) is 1. The van der Waals surface area contributed by atoms with Crippen molar-refractivity contribution < 1.29 is 9.53 Å². The summed E-state index contributed by atoms with van der Waals surface area (Å²) in [5.74, 6) is 0.0734. The Bertz CT molecular complexity index is 638. The summed E-state index contributed by atoms with van der Waals surface area (Å²) in [6.45, 7) is 9.44. The molecule has 0 radical (unpaired) electrons. The van der Waals surface area contributed by atoms with E-state index >= 15 is 0 Å². The smallest absolute Gasteiger partial charge is 0.343 e. The minimum atomic E-state index is -0.432. The zero-order valence-corrected chi connectivity index (χ0v) is 14.3. The molecule has 23 heavy (non-hydrogen) atoms. The zero-order valence-electron chi connectivity index (χ0n) is 14.3. The maximum absolute atomic E-state index is 12.9. The molecular formula is C16H26N4O3. The Kier molecular flexibility index (Phi) is 3.86. The molecule has 2 aliphatic heterocycles. The highest BCUT2D eigenvalue weighted by molar-refractivity contribution is 5.80. The van der Waals surface area contributed by atoms with Crippen LogP contribution in [0.4, 0.5) is 0 Å². The monoisotopic (exact) mass is 322 g/mol. The van der Waals surface area contributed by atoms with Crippen molar-refractivity contribution in [2.45, 2.75) is 64.2 Å². The van der Waals surface area contributed by atoms with Gasteiger partial charge >= 0.3 is 5.69 Å². The maximum atomic E-state index is 12.9. The summed E-state index contributed by atoms with van der Waals surface area (Å²) < 4.78 is 7.68. The average Bonchev–Trinajstić information content (AvgIpc) is 2.98. The SMILES string of the molecule is CC1(C)CC(C(=O)N2CCC(n3cn[nH]c3=O)CC2)C(C)(C)O1. The number of nitrogens with zero attached hydrogens (tertiary/aromatic N) is 3. The van der Waals surface area contributed by atoms with Crippen LogP contribution >= 0.6 is 0 Å². The molecule has 7 nitrogen and oxygen atoms in total. The van der Waals surface area contributed by atoms with Crippen LogP contribution in [-0.4, -0.2) is 49.9 Å². The first-order valence-corrected chi connectivity index (χ1v) is 8.30. The number of nitrogens with one attached hydrogen (secondary N) is 1. The topological polar surface area (TPSA) is 80.2 Å². The molecule has 3 rings (SSSR count). The largest absolute Gasteiger partial charge is 0.369 e. The highest BCUT2D eigenvalue weighted by Crippen LogP contribution is 2.43. The van der Waals surface area contributed by atoms with Crippen molar-refractivity contribution in [1.29, 1.82) is 0 Å². The molecule has 1 N–H and O–H groups in total. The number of hydrogen-bond donors (Lipinski definition) is 1. The molecule has 7 heteroatoms. The van der Waals surface area contributed by atoms with Gasteiger partial charge < -0.3 is 9.64 Å². The van der Waals surface area contributed by atoms with E-state index in [0.717, 1.165) is 19.3 Å². The Hall–Kier alpha value is -1.63. The van der Waals surface area contributed by atoms with E-state index in [4.69, 9.17) is 4.74 Å². The summed E-state index contributed by atoms with van der Waals surface area (Å²) in [6.07, 6.45) is 3.85. The van der Waals surface area contributed by atoms with Gasteiger partial charge in [-0.25, -0.2) is 9.89 Å². The quantitative estimate of drug-likeness (QED) is 0.891. The standard InChI is InChI=1S/C16H26N4O3/c1-15(2)9-12(16(3,4)23-15)13(21)19-7-5-11(6-8-19)20-10-17-18-14(20)22/h10-12H,5-9H2,1-4H3,(H,18,22). The third kappa shape index (κ3) is 3.06. The second-order valence-corrected chi connectivity index (χ2v) is 7.85. The van der Waals surface area contributed by atoms with Gasteiger partial charge in [0.15, 0.2) is 0 Å². The molecule has 128 valence electrons. The third-order valence-electron chi connectivity index (χ3n) is 5.12. The molecule has 0 bridgehead atoms. The molecule has 0 saturated carbocycles. The number of rotatable bonds is 2. The normalized spacial score (nSPS) is 27.3. The predicted octanol–water partition coefficient (Wildman–Crippen LogP) is 1.33. The second-order valence-electron chi connectivity index (χ2n) is 7.85. The maximum Gasteiger partial charge on any atom is 0.343 e. The number of aromatic nitrogens is 3. The summed E-state index contributed by atoms with van der Waals surface area (Å²) in [4.78, 5) is 26.5. The first-order valence-electron chi connectivity index (χ1n) is 8.30. The van der Waals surface area contributed by atoms with Crippen LogP contribution in [0.3, 0.4) is 0 Å². The molecule has 1 aromatic heterocycles. The fourth-order valence-corrected chi connectivity index (χ4v) is 4.05. The molecule has 1 amide bonds. The number of H-pyrrole nitrogens is 1. The number of ether oxygens (including phenoxy) is 1. The molecule has 2 saturated heterocycles. The molecule has 1 atom stereocenters. The summed E-state index contributed by atoms with van der Waals surface area (Å²) in [5, 5.41) is 6.20. The lowest BCUT2D eigenvalue weighted by Gasteiger charge is -2.36. The summed E-state index contributed by atoms with van der Waals surface area (Å²) in [7, 11) is 0. The van der Waals surface area contributed by atoms with Crippen molar-refractivity contribution in [3.63, 3.8) is 0 Å². The van der Waals surface area contributed by atoms with Gasteiger partial charge in [0.2, 0.25) is 5.91 Å². The minimum absolute atomic E-state index is 0.106. The van der Waals surface area contributed by atoms with Gasteiger partial charge in [0.25, 0.3) is 0 Å². The van der Waals surface area contributed by atoms with Crippen LogP contribution < -0.4 is 5.69 Å². The van der Waals surface area contributed by atoms with Crippen LogP contribution in [0.5, 0.6) is 0 Å². The first-order chi connectivity index (χ1) is 10.7. The third-order valence-corrected chi connectivity index (χ3v) is 5.12. The highest BCUT2D eigenvalue weighted by atomic mass is 16.5. The van der Waals surface area contributed by atoms with Crippen molar-refractivity contribution in [2.75, 3.05) is 13.1 Å². The molecule has 2 aliphatic rings. The minimum Gasteiger partial charge on any atom is -0.369 e. The van der Waals surface area contributed by atoms with E-state index in [1.54, 1.807) is 10.9 Å². The van der Waals surface area contributed by atoms with Gasteiger partial charge in [-0.15, -0.1) is 0 Å². The van der Waals surface area contributed by atoms with Gasteiger partial charge in [-0.05, 0) is 47.0 Å². The van der Waals surface area contributed by atoms with Crippen LogP contribution in [0.25, 0.3) is 0 Å². The Morgan fingerprint density at radius 3 is 2.43 bits per heavy atom. The molecule has 1 unspecified atom stereocenters. The van der Waals surface area contributed by atoms with Crippen molar-refractivity contribution in [3.05, 3.63) is 16.8 Å². The average molecular weight is 322 g/mol. The van der Waals surface area contributed by atoms with Gasteiger partial charge in [-0.2, -0.15) is 5.10 Å². The zero-order chi connectivity index (χ0) is 16.8. The number of carbonyl (C=O) groups excluding carboxylic acids is 1. The Morgan fingerprint density at radius 2 is 1.96 bits per heavy atom. The van der Waals surface area contributed by atoms with E-state index < -0.39 is 5.60 Å². The lowest BCUT2D eigenvalue weighted by atomic mass is 9.85. The second kappa shape index (κ2) is 5.47. The summed E-state index contributed by atoms with van der Waals surface area (Å²) in [6, 6.07) is 0.120. The molecular weight excluding hydrogens is 296 g/mol. The fraction of sp³-hybridized carbons (Fsp3) is 0.812. The van der Waals surface area contributed by atoms with E-state index in [9.17, 15) is 9.59 Å². The number of aromatic amines is 1. The molecule has 0 spiro atoms. The van der Waals surface area contributed by atoms with E-state index in [1.807, 2.05) is 32.6 Å². The Balaban J connectivity index is 1.65. The Morgan fingerprint density at radius 1 is 1.30 bits per heavy atom. The fourth-order valence-electron chi connectivity index (χ4n) is 4.05. The molecule has 0 aromatic carbocycles. The molecule has 2 fully saturated rings. The summed E-state index contributed by atoms with van der Waals surface area (Å²) in [5.41, 5.74) is -0.868. The van der Waals surface area contributed by atoms with E-state index in [0.29, 0.717) is 13.1 Å². The van der Waals surface area contributed by atoms with Crippen LogP contribution in [0.2, 0.25) is 0 Å². The number of hydrogen-bond acceptors (Lipinski definition) is 4. The molecule has 0 aliphatic carbocycles. The van der Waals surface area contributed by atoms with Gasteiger partial charge in [-0.1, -0.05) is 0 Å². The van der Waals surface area contributed by atoms with Crippen LogP contribution in [0, 0.1) is 5.92 Å². The van der Waals surface area contributed by atoms with Crippen LogP contribution in [0.15, 0.2) is 11.1 Å². The first kappa shape index (κ1) is 16.2. The highest BCUT2D eigenvalue weighted by Gasteiger charge is 2.50. The van der Waals surface area contributed by atoms with Gasteiger partial charge in [0.1, 0.15) is 6.33 Å². The Labute approximate surface area is 136 Å². The van der Waals surface area contributed by atoms with Crippen molar-refractivity contribution >= 4 is 5.91 Å². The predicted molar refractivity (Wildman–Crippen MR) is 85.0 cm³/mol. The van der Waals surface area contributed by atoms with E-state index in [2.05, 4.69) is 10.2 Å². The lowest BCUT2D eigenvalue weighted by Crippen LogP contribution is -2.47. The number of piperidine rings is 1. The lowest BCUT2D eigenvalue weighted by molar-refractivity contribution is -0.143. The van der Waals surface area contributed by atoms with Crippen LogP contribution in [0.1, 0.15) is 53.0 Å². The summed E-state index contributed by atoms with van der Waals surface area (Å²) >= 11 is 0. The van der Waals surface area contributed by atoms with Gasteiger partial charge in [0.05, 0.1) is 17.1 Å². The number of carbonyl (C=O) groups is 1.